The number of nitrogens with two attached hydrogens (primary N) is 1. The van der Waals surface area contributed by atoms with Crippen molar-refractivity contribution in [2.24, 2.45) is 11.7 Å². The normalized spacial score (nSPS) is 27.7. The number of carbonyl (C=O) groups is 2. The molecule has 4 N–H and O–H groups in total. The number of anilines is 1. The Bertz CT molecular complexity index is 1050. The highest BCUT2D eigenvalue weighted by Gasteiger charge is 2.53. The number of aliphatic carboxylic acids is 1. The van der Waals surface area contributed by atoms with Crippen LogP contribution in [0.1, 0.15) is 6.92 Å². The van der Waals surface area contributed by atoms with E-state index in [2.05, 4.69) is 5.32 Å². The number of carboxylic acids is 1. The minimum Gasteiger partial charge on any atom is -0.482 e. The maximum Gasteiger partial charge on any atom is 0.300 e. The molecule has 2 fully saturated rings. The first-order valence-corrected chi connectivity index (χ1v) is 11.8. The van der Waals surface area contributed by atoms with Crippen molar-refractivity contribution in [3.63, 3.8) is 0 Å². The molecule has 160 valence electrons. The monoisotopic (exact) mass is 447 g/mol. The molecule has 11 nitrogen and oxygen atoms in total. The van der Waals surface area contributed by atoms with Crippen LogP contribution in [-0.2, 0) is 29.4 Å². The standard InChI is InChI=1S/C14H17N3O6S2.C2H4O2/c15-10-7-24(19,20)13-5-17(4-9(10)13)25(21,22)8-1-2-12-11(3-8)16-14(18)6-23-12;1-2(3)4/h1-3,9-10,13H,4-7,15H2,(H,16,18);1H3,(H,3,4)/t9-,10+,13-;/m0./s1. The Morgan fingerprint density at radius 1 is 1.34 bits per heavy atom. The SMILES string of the molecule is CC(=O)O.N[C@@H]1CS(=O)(=O)[C@H]2CN(S(=O)(=O)c3ccc4c(c3)NC(=O)CO4)C[C@@H]12. The van der Waals surface area contributed by atoms with Crippen molar-refractivity contribution >= 4 is 37.4 Å². The summed E-state index contributed by atoms with van der Waals surface area (Å²) in [6, 6.07) is 3.63. The summed E-state index contributed by atoms with van der Waals surface area (Å²) in [5.41, 5.74) is 6.16. The predicted octanol–water partition coefficient (Wildman–Crippen LogP) is -1.15. The highest BCUT2D eigenvalue weighted by molar-refractivity contribution is 7.92. The van der Waals surface area contributed by atoms with E-state index in [0.29, 0.717) is 5.75 Å². The summed E-state index contributed by atoms with van der Waals surface area (Å²) in [7, 11) is -7.28. The van der Waals surface area contributed by atoms with Gasteiger partial charge in [-0.2, -0.15) is 4.31 Å². The van der Waals surface area contributed by atoms with Crippen LogP contribution in [-0.4, -0.2) is 74.9 Å². The van der Waals surface area contributed by atoms with E-state index in [-0.39, 0.29) is 47.9 Å². The molecule has 0 unspecified atom stereocenters. The van der Waals surface area contributed by atoms with Gasteiger partial charge in [-0.25, -0.2) is 16.8 Å². The summed E-state index contributed by atoms with van der Waals surface area (Å²) in [6.07, 6.45) is 0. The molecule has 3 aliphatic rings. The summed E-state index contributed by atoms with van der Waals surface area (Å²) < 4.78 is 56.4. The molecule has 0 radical (unpaired) electrons. The number of fused-ring (bicyclic) bond motifs is 2. The molecule has 3 aliphatic heterocycles. The van der Waals surface area contributed by atoms with Crippen LogP contribution in [0.4, 0.5) is 5.69 Å². The topological polar surface area (TPSA) is 173 Å². The molecule has 1 aromatic carbocycles. The Morgan fingerprint density at radius 3 is 2.62 bits per heavy atom. The predicted molar refractivity (Wildman–Crippen MR) is 102 cm³/mol. The van der Waals surface area contributed by atoms with Gasteiger partial charge in [0.1, 0.15) is 5.75 Å². The quantitative estimate of drug-likeness (QED) is 0.506. The van der Waals surface area contributed by atoms with Crippen LogP contribution in [0.25, 0.3) is 0 Å². The summed E-state index contributed by atoms with van der Waals surface area (Å²) >= 11 is 0. The van der Waals surface area contributed by atoms with Gasteiger partial charge in [0.15, 0.2) is 16.4 Å². The third kappa shape index (κ3) is 4.22. The van der Waals surface area contributed by atoms with Gasteiger partial charge in [-0.15, -0.1) is 0 Å². The van der Waals surface area contributed by atoms with Crippen LogP contribution in [0, 0.1) is 5.92 Å². The van der Waals surface area contributed by atoms with Crippen LogP contribution >= 0.6 is 0 Å². The molecule has 0 saturated carbocycles. The van der Waals surface area contributed by atoms with Gasteiger partial charge in [0, 0.05) is 32.0 Å². The number of hydrogen-bond donors (Lipinski definition) is 3. The first-order valence-electron chi connectivity index (χ1n) is 8.65. The summed E-state index contributed by atoms with van der Waals surface area (Å²) in [6.45, 7) is 0.945. The van der Waals surface area contributed by atoms with Gasteiger partial charge in [0.25, 0.3) is 11.9 Å². The van der Waals surface area contributed by atoms with Gasteiger partial charge in [-0.05, 0) is 18.2 Å². The van der Waals surface area contributed by atoms with Gasteiger partial charge in [-0.3, -0.25) is 9.59 Å². The lowest BCUT2D eigenvalue weighted by molar-refractivity contribution is -0.134. The number of nitrogens with zero attached hydrogens (tertiary/aromatic N) is 1. The lowest BCUT2D eigenvalue weighted by Gasteiger charge is -2.21. The van der Waals surface area contributed by atoms with Crippen molar-refractivity contribution in [2.45, 2.75) is 23.1 Å². The first-order chi connectivity index (χ1) is 13.4. The fraction of sp³-hybridized carbons (Fsp3) is 0.500. The fourth-order valence-corrected chi connectivity index (χ4v) is 7.52. The van der Waals surface area contributed by atoms with E-state index in [1.807, 2.05) is 0 Å². The summed E-state index contributed by atoms with van der Waals surface area (Å²) in [5, 5.41) is 9.22. The Hall–Kier alpha value is -2.22. The highest BCUT2D eigenvalue weighted by atomic mass is 32.2. The number of hydrogen-bond acceptors (Lipinski definition) is 8. The maximum absolute atomic E-state index is 12.9. The third-order valence-corrected chi connectivity index (χ3v) is 9.03. The molecule has 0 aromatic heterocycles. The van der Waals surface area contributed by atoms with E-state index in [4.69, 9.17) is 20.4 Å². The van der Waals surface area contributed by atoms with Crippen molar-refractivity contribution in [2.75, 3.05) is 30.8 Å². The van der Waals surface area contributed by atoms with Crippen molar-refractivity contribution in [3.05, 3.63) is 18.2 Å². The van der Waals surface area contributed by atoms with Crippen molar-refractivity contribution < 1.29 is 36.3 Å². The summed E-state index contributed by atoms with van der Waals surface area (Å²) in [4.78, 5) is 20.4. The zero-order valence-corrected chi connectivity index (χ0v) is 17.1. The van der Waals surface area contributed by atoms with Gasteiger partial charge >= 0.3 is 0 Å². The van der Waals surface area contributed by atoms with Crippen LogP contribution in [0.3, 0.4) is 0 Å². The zero-order chi connectivity index (χ0) is 21.6. The smallest absolute Gasteiger partial charge is 0.300 e. The number of sulfone groups is 1. The van der Waals surface area contributed by atoms with E-state index in [9.17, 15) is 21.6 Å². The summed E-state index contributed by atoms with van der Waals surface area (Å²) in [5.74, 6) is -1.30. The second kappa shape index (κ2) is 7.55. The average Bonchev–Trinajstić information content (AvgIpc) is 3.15. The van der Waals surface area contributed by atoms with Crippen LogP contribution in [0.15, 0.2) is 23.1 Å². The van der Waals surface area contributed by atoms with Crippen LogP contribution in [0.5, 0.6) is 5.75 Å². The zero-order valence-electron chi connectivity index (χ0n) is 15.4. The Kier molecular flexibility index (Phi) is 5.60. The van der Waals surface area contributed by atoms with Gasteiger partial charge < -0.3 is 20.9 Å². The molecule has 0 bridgehead atoms. The number of carboxylic acid groups (broad SMARTS) is 1. The molecule has 0 spiro atoms. The van der Waals surface area contributed by atoms with E-state index in [1.54, 1.807) is 0 Å². The molecule has 3 heterocycles. The molecular formula is C16H21N3O8S2. The number of carbonyl (C=O) groups excluding carboxylic acids is 1. The van der Waals surface area contributed by atoms with E-state index in [0.717, 1.165) is 11.2 Å². The molecule has 1 aromatic rings. The average molecular weight is 447 g/mol. The largest absolute Gasteiger partial charge is 0.482 e. The number of ether oxygens (including phenoxy) is 1. The Morgan fingerprint density at radius 2 is 2.00 bits per heavy atom. The van der Waals surface area contributed by atoms with Gasteiger partial charge in [-0.1, -0.05) is 0 Å². The van der Waals surface area contributed by atoms with Crippen LogP contribution in [0.2, 0.25) is 0 Å². The highest BCUT2D eigenvalue weighted by Crippen LogP contribution is 2.37. The number of nitrogens with one attached hydrogen (secondary N) is 1. The number of benzene rings is 1. The van der Waals surface area contributed by atoms with Crippen LogP contribution < -0.4 is 15.8 Å². The van der Waals surface area contributed by atoms with Crippen molar-refractivity contribution in [3.8, 4) is 5.75 Å². The number of amides is 1. The fourth-order valence-electron chi connectivity index (χ4n) is 3.64. The minimum atomic E-state index is -3.90. The molecular weight excluding hydrogens is 426 g/mol. The molecule has 29 heavy (non-hydrogen) atoms. The molecule has 0 aliphatic carbocycles. The lowest BCUT2D eigenvalue weighted by atomic mass is 10.0. The second-order valence-electron chi connectivity index (χ2n) is 7.03. The Balaban J connectivity index is 0.000000552. The molecule has 4 rings (SSSR count). The second-order valence-corrected chi connectivity index (χ2v) is 11.2. The van der Waals surface area contributed by atoms with E-state index >= 15 is 0 Å². The van der Waals surface area contributed by atoms with Gasteiger partial charge in [0.2, 0.25) is 10.0 Å². The van der Waals surface area contributed by atoms with Gasteiger partial charge in [0.05, 0.1) is 21.6 Å². The first kappa shape index (κ1) is 21.5. The molecule has 13 heteroatoms. The molecule has 1 amide bonds. The minimum absolute atomic E-state index is 0.0250. The van der Waals surface area contributed by atoms with E-state index < -0.39 is 37.1 Å². The number of rotatable bonds is 2. The molecule has 3 atom stereocenters. The number of sulfonamides is 1. The lowest BCUT2D eigenvalue weighted by Crippen LogP contribution is -2.35. The van der Waals surface area contributed by atoms with Crippen molar-refractivity contribution in [1.29, 1.82) is 0 Å². The Labute approximate surface area is 167 Å². The van der Waals surface area contributed by atoms with E-state index in [1.165, 1.54) is 18.2 Å². The maximum atomic E-state index is 12.9. The molecule has 2 saturated heterocycles. The van der Waals surface area contributed by atoms with Crippen molar-refractivity contribution in [1.82, 2.24) is 4.31 Å². The third-order valence-electron chi connectivity index (χ3n) is 4.93.